The van der Waals surface area contributed by atoms with Crippen LogP contribution < -0.4 is 4.57 Å². The van der Waals surface area contributed by atoms with Crippen LogP contribution in [0, 0.1) is 20.7 Å². The number of nitrogens with zero attached hydrogens (tertiary/aromatic N) is 2. The highest BCUT2D eigenvalue weighted by Crippen LogP contribution is 2.40. The average molecular weight is 376 g/mol. The summed E-state index contributed by atoms with van der Waals surface area (Å²) in [6.45, 7) is 1.54. The lowest BCUT2D eigenvalue weighted by Gasteiger charge is -2.12. The summed E-state index contributed by atoms with van der Waals surface area (Å²) in [5.41, 5.74) is 5.69. The van der Waals surface area contributed by atoms with E-state index in [1.807, 2.05) is 49.9 Å². The van der Waals surface area contributed by atoms with Crippen LogP contribution in [-0.4, -0.2) is 4.98 Å². The summed E-state index contributed by atoms with van der Waals surface area (Å²) < 4.78 is 41.7. The van der Waals surface area contributed by atoms with Crippen LogP contribution in [0.5, 0.6) is 0 Å². The lowest BCUT2D eigenvalue weighted by Crippen LogP contribution is -2.31. The van der Waals surface area contributed by atoms with Crippen molar-refractivity contribution in [3.63, 3.8) is 0 Å². The molecule has 28 heavy (non-hydrogen) atoms. The maximum Gasteiger partial charge on any atom is 0.227 e. The lowest BCUT2D eigenvalue weighted by atomic mass is 9.93. The number of fused-ring (bicyclic) bond motifs is 3. The molecular formula is C25H27N2O+. The summed E-state index contributed by atoms with van der Waals surface area (Å²) in [6.07, 6.45) is 5.87. The number of rotatable bonds is 2. The molecule has 0 unspecified atom stereocenters. The Kier molecular flexibility index (Phi) is 3.10. The Bertz CT molecular complexity index is 1360. The third-order valence-electron chi connectivity index (χ3n) is 5.97. The minimum absolute atomic E-state index is 0.282. The molecule has 0 atom stereocenters. The summed E-state index contributed by atoms with van der Waals surface area (Å²) in [7, 11) is 1.97. The van der Waals surface area contributed by atoms with Crippen LogP contribution in [0.15, 0.2) is 40.9 Å². The average Bonchev–Trinajstić information content (AvgIpc) is 3.31. The molecule has 1 fully saturated rings. The molecule has 3 heteroatoms. The smallest absolute Gasteiger partial charge is 0.227 e. The van der Waals surface area contributed by atoms with Crippen LogP contribution in [0.4, 0.5) is 0 Å². The number of aromatic nitrogens is 2. The van der Waals surface area contributed by atoms with Gasteiger partial charge in [0.15, 0.2) is 11.8 Å². The Labute approximate surface area is 171 Å². The minimum Gasteiger partial charge on any atom is -0.437 e. The Morgan fingerprint density at radius 1 is 1.14 bits per heavy atom. The summed E-state index contributed by atoms with van der Waals surface area (Å²) in [4.78, 5) is 4.53. The first kappa shape index (κ1) is 13.5. The van der Waals surface area contributed by atoms with Gasteiger partial charge in [0.1, 0.15) is 7.05 Å². The molecule has 1 aromatic carbocycles. The minimum atomic E-state index is -2.28. The van der Waals surface area contributed by atoms with Gasteiger partial charge in [0.05, 0.1) is 5.56 Å². The van der Waals surface area contributed by atoms with E-state index < -0.39 is 12.7 Å². The largest absolute Gasteiger partial charge is 0.437 e. The van der Waals surface area contributed by atoms with Gasteiger partial charge in [0, 0.05) is 34.1 Å². The number of hydrogen-bond acceptors (Lipinski definition) is 2. The molecule has 1 aliphatic rings. The van der Waals surface area contributed by atoms with Gasteiger partial charge < -0.3 is 4.42 Å². The van der Waals surface area contributed by atoms with Crippen molar-refractivity contribution in [3.05, 3.63) is 58.9 Å². The van der Waals surface area contributed by atoms with Crippen molar-refractivity contribution in [2.75, 3.05) is 0 Å². The highest BCUT2D eigenvalue weighted by Gasteiger charge is 2.25. The zero-order valence-corrected chi connectivity index (χ0v) is 16.6. The molecule has 3 heterocycles. The molecule has 1 saturated carbocycles. The number of benzene rings is 1. The fraction of sp³-hybridized carbons (Fsp3) is 0.360. The third kappa shape index (κ3) is 2.64. The molecule has 3 nitrogen and oxygen atoms in total. The predicted octanol–water partition coefficient (Wildman–Crippen LogP) is 6.06. The van der Waals surface area contributed by atoms with Crippen molar-refractivity contribution in [2.45, 2.75) is 52.3 Å². The van der Waals surface area contributed by atoms with Crippen molar-refractivity contribution in [1.29, 1.82) is 0 Å². The molecule has 0 radical (unpaired) electrons. The molecule has 5 rings (SSSR count). The van der Waals surface area contributed by atoms with Crippen molar-refractivity contribution in [2.24, 2.45) is 7.05 Å². The van der Waals surface area contributed by atoms with Gasteiger partial charge in [0.2, 0.25) is 11.4 Å². The first-order valence-corrected chi connectivity index (χ1v) is 9.93. The van der Waals surface area contributed by atoms with E-state index in [1.165, 1.54) is 0 Å². The van der Waals surface area contributed by atoms with Gasteiger partial charge in [-0.1, -0.05) is 18.9 Å². The van der Waals surface area contributed by atoms with E-state index in [2.05, 4.69) is 11.1 Å². The molecule has 142 valence electrons. The van der Waals surface area contributed by atoms with Gasteiger partial charge in [-0.15, -0.1) is 0 Å². The molecule has 0 aliphatic heterocycles. The third-order valence-corrected chi connectivity index (χ3v) is 5.97. The summed E-state index contributed by atoms with van der Waals surface area (Å²) in [5, 5.41) is 1.31. The zero-order chi connectivity index (χ0) is 22.8. The molecule has 0 amide bonds. The van der Waals surface area contributed by atoms with Crippen molar-refractivity contribution < 1.29 is 14.5 Å². The van der Waals surface area contributed by atoms with Crippen LogP contribution in [0.1, 0.15) is 59.4 Å². The Morgan fingerprint density at radius 3 is 2.75 bits per heavy atom. The second-order valence-electron chi connectivity index (χ2n) is 7.95. The molecule has 4 aromatic rings. The molecule has 0 N–H and O–H groups in total. The van der Waals surface area contributed by atoms with E-state index in [9.17, 15) is 0 Å². The van der Waals surface area contributed by atoms with Gasteiger partial charge in [0.25, 0.3) is 0 Å². The summed E-state index contributed by atoms with van der Waals surface area (Å²) in [6, 6.07) is 9.66. The molecule has 0 bridgehead atoms. The number of pyridine rings is 2. The fourth-order valence-corrected chi connectivity index (χ4v) is 4.50. The predicted molar refractivity (Wildman–Crippen MR) is 114 cm³/mol. The monoisotopic (exact) mass is 375 g/mol. The van der Waals surface area contributed by atoms with E-state index in [1.54, 1.807) is 6.07 Å². The first-order chi connectivity index (χ1) is 15.1. The van der Waals surface area contributed by atoms with Crippen molar-refractivity contribution in [1.82, 2.24) is 4.98 Å². The van der Waals surface area contributed by atoms with Gasteiger partial charge in [-0.05, 0) is 68.3 Å². The lowest BCUT2D eigenvalue weighted by molar-refractivity contribution is -0.660. The molecule has 3 aromatic heterocycles. The molecule has 0 spiro atoms. The van der Waals surface area contributed by atoms with Gasteiger partial charge in [-0.25, -0.2) is 9.55 Å². The fourth-order valence-electron chi connectivity index (χ4n) is 4.50. The van der Waals surface area contributed by atoms with Gasteiger partial charge >= 0.3 is 0 Å². The van der Waals surface area contributed by atoms with E-state index in [0.29, 0.717) is 22.1 Å². The number of aryl methyl sites for hydroxylation is 4. The standard InChI is InChI=1S/C25H27N2O/c1-15-13-16(2)23(24-22(15)20-10-9-17(3)26-25(20)28-24)21-14-19(11-12-27(21)4)18-7-5-6-8-18/h9-14,18H,5-8H2,1-4H3/q+1/i1D3,18D. The first-order valence-electron chi connectivity index (χ1n) is 11.9. The maximum absolute atomic E-state index is 8.98. The molecular weight excluding hydrogens is 344 g/mol. The van der Waals surface area contributed by atoms with Crippen molar-refractivity contribution >= 4 is 22.1 Å². The summed E-state index contributed by atoms with van der Waals surface area (Å²) >= 11 is 0. The van der Waals surface area contributed by atoms with E-state index in [-0.39, 0.29) is 5.56 Å². The van der Waals surface area contributed by atoms with Gasteiger partial charge in [-0.3, -0.25) is 0 Å². The highest BCUT2D eigenvalue weighted by atomic mass is 16.3. The van der Waals surface area contributed by atoms with Crippen LogP contribution >= 0.6 is 0 Å². The second-order valence-corrected chi connectivity index (χ2v) is 7.95. The van der Waals surface area contributed by atoms with E-state index in [4.69, 9.17) is 9.90 Å². The normalized spacial score (nSPS) is 18.8. The quantitative estimate of drug-likeness (QED) is 0.399. The number of hydrogen-bond donors (Lipinski definition) is 0. The topological polar surface area (TPSA) is 29.9 Å². The SMILES string of the molecule is [2H]C([2H])([2H])c1cc(C)c(-c2cc(C3([2H])CCCC3)cc[n+]2C)c2oc3nc(C)ccc3c12. The van der Waals surface area contributed by atoms with Crippen LogP contribution in [0.3, 0.4) is 0 Å². The van der Waals surface area contributed by atoms with Crippen LogP contribution in [0.2, 0.25) is 0 Å². The van der Waals surface area contributed by atoms with Crippen LogP contribution in [0.25, 0.3) is 33.3 Å². The zero-order valence-electron chi connectivity index (χ0n) is 20.6. The van der Waals surface area contributed by atoms with E-state index in [0.717, 1.165) is 53.8 Å². The van der Waals surface area contributed by atoms with Crippen LogP contribution in [-0.2, 0) is 7.05 Å². The highest BCUT2D eigenvalue weighted by molar-refractivity contribution is 6.10. The van der Waals surface area contributed by atoms with Crippen molar-refractivity contribution in [3.8, 4) is 11.3 Å². The number of furan rings is 1. The molecule has 0 saturated heterocycles. The van der Waals surface area contributed by atoms with E-state index >= 15 is 0 Å². The van der Waals surface area contributed by atoms with Gasteiger partial charge in [-0.2, -0.15) is 0 Å². The second kappa shape index (κ2) is 6.44. The Morgan fingerprint density at radius 2 is 1.96 bits per heavy atom. The maximum atomic E-state index is 8.98. The summed E-state index contributed by atoms with van der Waals surface area (Å²) in [5.74, 6) is -0.568. The Hall–Kier alpha value is -2.68. The molecule has 1 aliphatic carbocycles. The Balaban J connectivity index is 1.86.